The predicted octanol–water partition coefficient (Wildman–Crippen LogP) is 3.40. The Hall–Kier alpha value is -2.80. The lowest BCUT2D eigenvalue weighted by molar-refractivity contribution is -0.130. The second kappa shape index (κ2) is 7.31. The highest BCUT2D eigenvalue weighted by Gasteiger charge is 2.41. The van der Waals surface area contributed by atoms with E-state index in [0.717, 1.165) is 28.4 Å². The number of amides is 1. The standard InChI is InChI=1S/C21H24FN5O/c1-3-27-8-6-21(22,7-9-27)20(28)25-19-11-17-10-15(4-5-16(17)12-23-19)18-13-24-26(2)14-18/h4-5,10-14H,3,6-9H2,1-2H3,(H,23,25,28). The molecule has 0 radical (unpaired) electrons. The Kier molecular flexibility index (Phi) is 4.85. The Labute approximate surface area is 163 Å². The number of piperidine rings is 1. The summed E-state index contributed by atoms with van der Waals surface area (Å²) < 4.78 is 16.8. The Morgan fingerprint density at radius 3 is 2.64 bits per heavy atom. The van der Waals surface area contributed by atoms with E-state index in [9.17, 15) is 4.79 Å². The lowest BCUT2D eigenvalue weighted by atomic mass is 9.92. The normalized spacial score (nSPS) is 17.0. The largest absolute Gasteiger partial charge is 0.308 e. The second-order valence-electron chi connectivity index (χ2n) is 7.39. The van der Waals surface area contributed by atoms with Gasteiger partial charge in [-0.1, -0.05) is 19.1 Å². The van der Waals surface area contributed by atoms with E-state index in [-0.39, 0.29) is 12.8 Å². The van der Waals surface area contributed by atoms with Gasteiger partial charge in [0, 0.05) is 56.3 Å². The van der Waals surface area contributed by atoms with Crippen LogP contribution in [-0.2, 0) is 11.8 Å². The molecule has 0 atom stereocenters. The SMILES string of the molecule is CCN1CCC(F)(C(=O)Nc2cc3cc(-c4cnn(C)c4)ccc3cn2)CC1. The molecular weight excluding hydrogens is 357 g/mol. The first-order valence-electron chi connectivity index (χ1n) is 9.58. The minimum atomic E-state index is -1.83. The quantitative estimate of drug-likeness (QED) is 0.752. The van der Waals surface area contributed by atoms with Gasteiger partial charge in [-0.05, 0) is 29.6 Å². The van der Waals surface area contributed by atoms with Crippen molar-refractivity contribution in [3.63, 3.8) is 0 Å². The number of halogens is 1. The number of likely N-dealkylation sites (tertiary alicyclic amines) is 1. The average molecular weight is 381 g/mol. The van der Waals surface area contributed by atoms with Crippen LogP contribution in [0.5, 0.6) is 0 Å². The minimum absolute atomic E-state index is 0.214. The van der Waals surface area contributed by atoms with Crippen LogP contribution in [0.15, 0.2) is 42.9 Å². The highest BCUT2D eigenvalue weighted by molar-refractivity contribution is 5.98. The van der Waals surface area contributed by atoms with Crippen molar-refractivity contribution in [2.75, 3.05) is 25.0 Å². The van der Waals surface area contributed by atoms with Gasteiger partial charge in [0.05, 0.1) is 6.20 Å². The molecule has 1 aliphatic rings. The number of aromatic nitrogens is 3. The minimum Gasteiger partial charge on any atom is -0.308 e. The van der Waals surface area contributed by atoms with Crippen LogP contribution in [0, 0.1) is 0 Å². The molecule has 2 aromatic heterocycles. The summed E-state index contributed by atoms with van der Waals surface area (Å²) in [5.41, 5.74) is 0.204. The third kappa shape index (κ3) is 3.62. The van der Waals surface area contributed by atoms with Crippen molar-refractivity contribution in [2.24, 2.45) is 7.05 Å². The van der Waals surface area contributed by atoms with Gasteiger partial charge in [0.2, 0.25) is 0 Å². The molecule has 1 aliphatic heterocycles. The monoisotopic (exact) mass is 381 g/mol. The molecule has 0 aliphatic carbocycles. The maximum atomic E-state index is 15.1. The van der Waals surface area contributed by atoms with Crippen LogP contribution in [0.1, 0.15) is 19.8 Å². The summed E-state index contributed by atoms with van der Waals surface area (Å²) in [7, 11) is 1.87. The third-order valence-electron chi connectivity index (χ3n) is 5.50. The Morgan fingerprint density at radius 2 is 1.96 bits per heavy atom. The lowest BCUT2D eigenvalue weighted by Gasteiger charge is -2.34. The van der Waals surface area contributed by atoms with Crippen LogP contribution in [0.2, 0.25) is 0 Å². The number of hydrogen-bond acceptors (Lipinski definition) is 4. The maximum Gasteiger partial charge on any atom is 0.263 e. The van der Waals surface area contributed by atoms with Crippen molar-refractivity contribution in [1.29, 1.82) is 0 Å². The highest BCUT2D eigenvalue weighted by atomic mass is 19.1. The van der Waals surface area contributed by atoms with Crippen molar-refractivity contribution < 1.29 is 9.18 Å². The summed E-state index contributed by atoms with van der Waals surface area (Å²) in [6, 6.07) is 7.80. The van der Waals surface area contributed by atoms with Gasteiger partial charge in [-0.15, -0.1) is 0 Å². The molecular formula is C21H24FN5O. The molecule has 1 fully saturated rings. The van der Waals surface area contributed by atoms with Crippen molar-refractivity contribution in [3.8, 4) is 11.1 Å². The smallest absolute Gasteiger partial charge is 0.263 e. The van der Waals surface area contributed by atoms with E-state index in [0.29, 0.717) is 18.9 Å². The maximum absolute atomic E-state index is 15.1. The van der Waals surface area contributed by atoms with E-state index in [1.807, 2.05) is 38.4 Å². The van der Waals surface area contributed by atoms with E-state index in [4.69, 9.17) is 0 Å². The number of anilines is 1. The Balaban J connectivity index is 1.54. The summed E-state index contributed by atoms with van der Waals surface area (Å²) in [6.45, 7) is 4.12. The summed E-state index contributed by atoms with van der Waals surface area (Å²) in [4.78, 5) is 19.0. The van der Waals surface area contributed by atoms with Gasteiger partial charge in [-0.2, -0.15) is 5.10 Å². The fourth-order valence-corrected chi connectivity index (χ4v) is 3.64. The first-order valence-corrected chi connectivity index (χ1v) is 9.58. The molecule has 0 unspecified atom stereocenters. The number of aryl methyl sites for hydroxylation is 1. The number of hydrogen-bond donors (Lipinski definition) is 1. The Morgan fingerprint density at radius 1 is 1.18 bits per heavy atom. The number of benzene rings is 1. The van der Waals surface area contributed by atoms with Gasteiger partial charge < -0.3 is 10.2 Å². The van der Waals surface area contributed by atoms with E-state index in [1.54, 1.807) is 23.1 Å². The molecule has 4 rings (SSSR count). The number of alkyl halides is 1. The van der Waals surface area contributed by atoms with Gasteiger partial charge >= 0.3 is 0 Å². The van der Waals surface area contributed by atoms with Crippen LogP contribution in [-0.4, -0.2) is 50.9 Å². The van der Waals surface area contributed by atoms with Gasteiger partial charge in [0.25, 0.3) is 5.91 Å². The van der Waals surface area contributed by atoms with Gasteiger partial charge in [-0.25, -0.2) is 9.37 Å². The van der Waals surface area contributed by atoms with Crippen LogP contribution >= 0.6 is 0 Å². The second-order valence-corrected chi connectivity index (χ2v) is 7.39. The van der Waals surface area contributed by atoms with Crippen molar-refractivity contribution >= 4 is 22.5 Å². The molecule has 0 bridgehead atoms. The number of carbonyl (C=O) groups excluding carboxylic acids is 1. The van der Waals surface area contributed by atoms with Crippen LogP contribution < -0.4 is 5.32 Å². The van der Waals surface area contributed by atoms with Crippen LogP contribution in [0.3, 0.4) is 0 Å². The summed E-state index contributed by atoms with van der Waals surface area (Å²) in [5.74, 6) is -0.228. The molecule has 1 N–H and O–H groups in total. The van der Waals surface area contributed by atoms with Crippen LogP contribution in [0.4, 0.5) is 10.2 Å². The van der Waals surface area contributed by atoms with E-state index in [2.05, 4.69) is 20.3 Å². The molecule has 1 aromatic carbocycles. The number of pyridine rings is 1. The number of nitrogens with zero attached hydrogens (tertiary/aromatic N) is 4. The third-order valence-corrected chi connectivity index (χ3v) is 5.50. The summed E-state index contributed by atoms with van der Waals surface area (Å²) >= 11 is 0. The molecule has 28 heavy (non-hydrogen) atoms. The van der Waals surface area contributed by atoms with Crippen molar-refractivity contribution in [2.45, 2.75) is 25.4 Å². The molecule has 146 valence electrons. The van der Waals surface area contributed by atoms with Gasteiger partial charge in [0.15, 0.2) is 5.67 Å². The summed E-state index contributed by atoms with van der Waals surface area (Å²) in [6.07, 6.45) is 5.88. The highest BCUT2D eigenvalue weighted by Crippen LogP contribution is 2.29. The molecule has 1 saturated heterocycles. The van der Waals surface area contributed by atoms with E-state index < -0.39 is 11.6 Å². The molecule has 1 amide bonds. The van der Waals surface area contributed by atoms with Crippen LogP contribution in [0.25, 0.3) is 21.9 Å². The fraction of sp³-hybridized carbons (Fsp3) is 0.381. The number of rotatable bonds is 4. The zero-order chi connectivity index (χ0) is 19.7. The molecule has 0 saturated carbocycles. The number of nitrogens with one attached hydrogen (secondary N) is 1. The molecule has 3 heterocycles. The van der Waals surface area contributed by atoms with E-state index >= 15 is 4.39 Å². The van der Waals surface area contributed by atoms with Gasteiger partial charge in [-0.3, -0.25) is 9.48 Å². The average Bonchev–Trinajstić information content (AvgIpc) is 3.14. The number of fused-ring (bicyclic) bond motifs is 1. The van der Waals surface area contributed by atoms with Crippen molar-refractivity contribution in [1.82, 2.24) is 19.7 Å². The van der Waals surface area contributed by atoms with Gasteiger partial charge in [0.1, 0.15) is 5.82 Å². The van der Waals surface area contributed by atoms with E-state index in [1.165, 1.54) is 0 Å². The zero-order valence-corrected chi connectivity index (χ0v) is 16.2. The number of carbonyl (C=O) groups is 1. The molecule has 6 nitrogen and oxygen atoms in total. The molecule has 7 heteroatoms. The Bertz CT molecular complexity index is 1010. The topological polar surface area (TPSA) is 63.1 Å². The fourth-order valence-electron chi connectivity index (χ4n) is 3.64. The van der Waals surface area contributed by atoms with Crippen molar-refractivity contribution in [3.05, 3.63) is 42.9 Å². The molecule has 3 aromatic rings. The predicted molar refractivity (Wildman–Crippen MR) is 108 cm³/mol. The zero-order valence-electron chi connectivity index (χ0n) is 16.2. The first kappa shape index (κ1) is 18.6. The molecule has 0 spiro atoms. The first-order chi connectivity index (χ1) is 13.5. The summed E-state index contributed by atoms with van der Waals surface area (Å²) in [5, 5.41) is 8.77. The lowest BCUT2D eigenvalue weighted by Crippen LogP contribution is -2.48.